The number of H-pyrrole nitrogens is 1. The lowest BCUT2D eigenvalue weighted by atomic mass is 10.1. The highest BCUT2D eigenvalue weighted by molar-refractivity contribution is 6.01. The Kier molecular flexibility index (Phi) is 4.15. The predicted molar refractivity (Wildman–Crippen MR) is 102 cm³/mol. The number of benzene rings is 2. The average Bonchev–Trinajstić information content (AvgIpc) is 2.97. The van der Waals surface area contributed by atoms with E-state index in [2.05, 4.69) is 41.1 Å². The molecule has 1 aliphatic rings. The maximum atomic E-state index is 13.5. The van der Waals surface area contributed by atoms with Gasteiger partial charge in [-0.1, -0.05) is 12.1 Å². The van der Waals surface area contributed by atoms with Crippen molar-refractivity contribution in [2.45, 2.75) is 13.8 Å². The molecule has 0 unspecified atom stereocenters. The van der Waals surface area contributed by atoms with E-state index in [1.165, 1.54) is 23.4 Å². The number of carbonyl (C=O) groups is 1. The second kappa shape index (κ2) is 6.48. The first-order valence-electron chi connectivity index (χ1n) is 8.91. The summed E-state index contributed by atoms with van der Waals surface area (Å²) >= 11 is 0. The summed E-state index contributed by atoms with van der Waals surface area (Å²) in [6.07, 6.45) is 0. The minimum Gasteiger partial charge on any atom is -0.368 e. The summed E-state index contributed by atoms with van der Waals surface area (Å²) in [5.41, 5.74) is 4.61. The number of aromatic amines is 1. The Hall–Kier alpha value is -2.82. The molecule has 134 valence electrons. The van der Waals surface area contributed by atoms with Crippen LogP contribution in [0, 0.1) is 19.7 Å². The number of hydrogen-bond acceptors (Lipinski definition) is 2. The van der Waals surface area contributed by atoms with E-state index in [1.54, 1.807) is 6.07 Å². The molecule has 2 heterocycles. The minimum atomic E-state index is -0.287. The van der Waals surface area contributed by atoms with Crippen LogP contribution in [-0.4, -0.2) is 42.0 Å². The zero-order valence-corrected chi connectivity index (χ0v) is 15.1. The maximum Gasteiger partial charge on any atom is 0.270 e. The monoisotopic (exact) mass is 351 g/mol. The van der Waals surface area contributed by atoms with Crippen LogP contribution in [0.4, 0.5) is 10.1 Å². The van der Waals surface area contributed by atoms with Crippen LogP contribution in [0.1, 0.15) is 21.6 Å². The molecular weight excluding hydrogens is 329 g/mol. The van der Waals surface area contributed by atoms with E-state index in [9.17, 15) is 9.18 Å². The van der Waals surface area contributed by atoms with Crippen molar-refractivity contribution in [2.24, 2.45) is 0 Å². The van der Waals surface area contributed by atoms with E-state index in [0.29, 0.717) is 18.8 Å². The molecule has 1 aromatic heterocycles. The van der Waals surface area contributed by atoms with Gasteiger partial charge in [0.05, 0.1) is 0 Å². The van der Waals surface area contributed by atoms with Crippen molar-refractivity contribution >= 4 is 22.5 Å². The van der Waals surface area contributed by atoms with Crippen LogP contribution in [0.3, 0.4) is 0 Å². The molecule has 1 N–H and O–H groups in total. The highest BCUT2D eigenvalue weighted by Crippen LogP contribution is 2.24. The standard InChI is InChI=1S/C21H22FN3O/c1-14-4-3-5-17(12-14)24-8-10-25(11-9-24)21(26)20-15(2)18-13-16(22)6-7-19(18)23-20/h3-7,12-13,23H,8-11H2,1-2H3. The third kappa shape index (κ3) is 2.94. The molecule has 4 rings (SSSR count). The van der Waals surface area contributed by atoms with E-state index in [-0.39, 0.29) is 11.7 Å². The van der Waals surface area contributed by atoms with Crippen molar-refractivity contribution in [1.82, 2.24) is 9.88 Å². The van der Waals surface area contributed by atoms with Crippen molar-refractivity contribution in [2.75, 3.05) is 31.1 Å². The van der Waals surface area contributed by atoms with Crippen LogP contribution in [0.2, 0.25) is 0 Å². The molecule has 0 saturated carbocycles. The second-order valence-electron chi connectivity index (χ2n) is 6.93. The summed E-state index contributed by atoms with van der Waals surface area (Å²) in [6, 6.07) is 13.0. The van der Waals surface area contributed by atoms with Gasteiger partial charge in [-0.15, -0.1) is 0 Å². The molecule has 0 atom stereocenters. The fourth-order valence-electron chi connectivity index (χ4n) is 3.66. The summed E-state index contributed by atoms with van der Waals surface area (Å²) < 4.78 is 13.5. The molecule has 0 spiro atoms. The third-order valence-corrected chi connectivity index (χ3v) is 5.17. The number of amides is 1. The van der Waals surface area contributed by atoms with Crippen LogP contribution in [-0.2, 0) is 0 Å². The Morgan fingerprint density at radius 1 is 1.04 bits per heavy atom. The number of halogens is 1. The number of nitrogens with one attached hydrogen (secondary N) is 1. The Morgan fingerprint density at radius 3 is 2.54 bits per heavy atom. The van der Waals surface area contributed by atoms with Crippen molar-refractivity contribution in [3.05, 3.63) is 65.1 Å². The molecule has 0 bridgehead atoms. The molecular formula is C21H22FN3O. The lowest BCUT2D eigenvalue weighted by Gasteiger charge is -2.36. The van der Waals surface area contributed by atoms with Gasteiger partial charge in [0.15, 0.2) is 0 Å². The van der Waals surface area contributed by atoms with Gasteiger partial charge in [0.25, 0.3) is 5.91 Å². The van der Waals surface area contributed by atoms with Gasteiger partial charge in [-0.05, 0) is 55.3 Å². The zero-order valence-electron chi connectivity index (χ0n) is 15.1. The van der Waals surface area contributed by atoms with Gasteiger partial charge in [-0.3, -0.25) is 4.79 Å². The quantitative estimate of drug-likeness (QED) is 0.761. The van der Waals surface area contributed by atoms with Gasteiger partial charge >= 0.3 is 0 Å². The van der Waals surface area contributed by atoms with Gasteiger partial charge < -0.3 is 14.8 Å². The molecule has 1 fully saturated rings. The Balaban J connectivity index is 1.51. The minimum absolute atomic E-state index is 0.0111. The number of nitrogens with zero attached hydrogens (tertiary/aromatic N) is 2. The number of piperazine rings is 1. The van der Waals surface area contributed by atoms with Crippen LogP contribution in [0.25, 0.3) is 10.9 Å². The van der Waals surface area contributed by atoms with Crippen molar-refractivity contribution in [1.29, 1.82) is 0 Å². The van der Waals surface area contributed by atoms with Gasteiger partial charge in [0.1, 0.15) is 11.5 Å². The zero-order chi connectivity index (χ0) is 18.3. The molecule has 3 aromatic rings. The number of aromatic nitrogens is 1. The molecule has 0 radical (unpaired) electrons. The van der Waals surface area contributed by atoms with Crippen molar-refractivity contribution in [3.8, 4) is 0 Å². The van der Waals surface area contributed by atoms with Gasteiger partial charge in [0.2, 0.25) is 0 Å². The first-order valence-corrected chi connectivity index (χ1v) is 8.91. The Bertz CT molecular complexity index is 971. The SMILES string of the molecule is Cc1cccc(N2CCN(C(=O)c3[nH]c4ccc(F)cc4c3C)CC2)c1. The van der Waals surface area contributed by atoms with Gasteiger partial charge in [-0.25, -0.2) is 4.39 Å². The fraction of sp³-hybridized carbons (Fsp3) is 0.286. The number of carbonyl (C=O) groups excluding carboxylic acids is 1. The highest BCUT2D eigenvalue weighted by Gasteiger charge is 2.25. The van der Waals surface area contributed by atoms with E-state index >= 15 is 0 Å². The molecule has 0 aliphatic carbocycles. The lowest BCUT2D eigenvalue weighted by Crippen LogP contribution is -2.49. The molecule has 4 nitrogen and oxygen atoms in total. The first kappa shape index (κ1) is 16.6. The molecule has 5 heteroatoms. The van der Waals surface area contributed by atoms with Crippen molar-refractivity contribution < 1.29 is 9.18 Å². The third-order valence-electron chi connectivity index (χ3n) is 5.17. The molecule has 2 aromatic carbocycles. The van der Waals surface area contributed by atoms with Gasteiger partial charge in [0, 0.05) is 42.8 Å². The van der Waals surface area contributed by atoms with Gasteiger partial charge in [-0.2, -0.15) is 0 Å². The van der Waals surface area contributed by atoms with Crippen LogP contribution >= 0.6 is 0 Å². The summed E-state index contributed by atoms with van der Waals surface area (Å²) in [7, 11) is 0. The number of fused-ring (bicyclic) bond motifs is 1. The maximum absolute atomic E-state index is 13.5. The number of rotatable bonds is 2. The average molecular weight is 351 g/mol. The van der Waals surface area contributed by atoms with Crippen molar-refractivity contribution in [3.63, 3.8) is 0 Å². The topological polar surface area (TPSA) is 39.3 Å². The van der Waals surface area contributed by atoms with E-state index in [1.807, 2.05) is 11.8 Å². The van der Waals surface area contributed by atoms with Crippen LogP contribution in [0.15, 0.2) is 42.5 Å². The second-order valence-corrected chi connectivity index (χ2v) is 6.93. The lowest BCUT2D eigenvalue weighted by molar-refractivity contribution is 0.0741. The largest absolute Gasteiger partial charge is 0.368 e. The fourth-order valence-corrected chi connectivity index (χ4v) is 3.66. The Labute approximate surface area is 152 Å². The number of aryl methyl sites for hydroxylation is 2. The summed E-state index contributed by atoms with van der Waals surface area (Å²) in [5, 5.41) is 0.770. The molecule has 26 heavy (non-hydrogen) atoms. The van der Waals surface area contributed by atoms with E-state index in [0.717, 1.165) is 29.6 Å². The molecule has 1 amide bonds. The predicted octanol–water partition coefficient (Wildman–Crippen LogP) is 3.89. The summed E-state index contributed by atoms with van der Waals surface area (Å²) in [6.45, 7) is 6.93. The summed E-state index contributed by atoms with van der Waals surface area (Å²) in [4.78, 5) is 20.3. The molecule has 1 aliphatic heterocycles. The summed E-state index contributed by atoms with van der Waals surface area (Å²) in [5.74, 6) is -0.298. The van der Waals surface area contributed by atoms with Crippen LogP contribution in [0.5, 0.6) is 0 Å². The number of hydrogen-bond donors (Lipinski definition) is 1. The number of anilines is 1. The normalized spacial score (nSPS) is 14.9. The van der Waals surface area contributed by atoms with Crippen LogP contribution < -0.4 is 4.90 Å². The Morgan fingerprint density at radius 2 is 1.81 bits per heavy atom. The smallest absolute Gasteiger partial charge is 0.270 e. The van der Waals surface area contributed by atoms with E-state index < -0.39 is 0 Å². The molecule has 1 saturated heterocycles. The highest BCUT2D eigenvalue weighted by atomic mass is 19.1. The van der Waals surface area contributed by atoms with E-state index in [4.69, 9.17) is 0 Å². The first-order chi connectivity index (χ1) is 12.5.